The second kappa shape index (κ2) is 10.3. The number of nitrogens with zero attached hydrogens (tertiary/aromatic N) is 2. The molecule has 2 aromatic carbocycles. The summed E-state index contributed by atoms with van der Waals surface area (Å²) in [6.07, 6.45) is 4.25. The van der Waals surface area contributed by atoms with Gasteiger partial charge in [-0.15, -0.1) is 0 Å². The Bertz CT molecular complexity index is 1120. The Morgan fingerprint density at radius 1 is 1.03 bits per heavy atom. The summed E-state index contributed by atoms with van der Waals surface area (Å²) in [6.45, 7) is 2.06. The predicted octanol–water partition coefficient (Wildman–Crippen LogP) is 5.33. The number of aromatic nitrogens is 1. The molecule has 0 bridgehead atoms. The molecule has 0 saturated heterocycles. The molecule has 3 N–H and O–H groups in total. The minimum atomic E-state index is 0.362. The number of rotatable bonds is 6. The van der Waals surface area contributed by atoms with Crippen LogP contribution in [0.3, 0.4) is 0 Å². The maximum absolute atomic E-state index is 5.58. The Hall–Kier alpha value is -3.06. The Morgan fingerprint density at radius 3 is 2.48 bits per heavy atom. The van der Waals surface area contributed by atoms with Crippen LogP contribution in [0.5, 0.6) is 5.75 Å². The summed E-state index contributed by atoms with van der Waals surface area (Å²) >= 11 is 5.58. The predicted molar refractivity (Wildman–Crippen MR) is 143 cm³/mol. The van der Waals surface area contributed by atoms with Gasteiger partial charge in [0, 0.05) is 43.3 Å². The molecule has 0 atom stereocenters. The molecule has 0 aliphatic heterocycles. The van der Waals surface area contributed by atoms with Gasteiger partial charge < -0.3 is 25.6 Å². The first-order chi connectivity index (χ1) is 15.9. The van der Waals surface area contributed by atoms with Gasteiger partial charge in [0.15, 0.2) is 5.11 Å². The summed E-state index contributed by atoms with van der Waals surface area (Å²) in [6, 6.07) is 17.3. The van der Waals surface area contributed by atoms with Crippen molar-refractivity contribution in [3.8, 4) is 5.75 Å². The van der Waals surface area contributed by atoms with Crippen LogP contribution < -0.4 is 25.6 Å². The van der Waals surface area contributed by atoms with Crippen molar-refractivity contribution < 1.29 is 4.74 Å². The van der Waals surface area contributed by atoms with E-state index in [1.807, 2.05) is 24.3 Å². The van der Waals surface area contributed by atoms with Gasteiger partial charge in [-0.05, 0) is 68.6 Å². The van der Waals surface area contributed by atoms with Crippen molar-refractivity contribution in [2.24, 2.45) is 0 Å². The van der Waals surface area contributed by atoms with Gasteiger partial charge >= 0.3 is 0 Å². The van der Waals surface area contributed by atoms with Crippen LogP contribution in [-0.4, -0.2) is 43.4 Å². The van der Waals surface area contributed by atoms with Gasteiger partial charge in [0.1, 0.15) is 11.6 Å². The zero-order chi connectivity index (χ0) is 23.4. The second-order valence-electron chi connectivity index (χ2n) is 8.93. The van der Waals surface area contributed by atoms with E-state index in [0.29, 0.717) is 17.2 Å². The number of anilines is 3. The number of methoxy groups -OCH3 is 1. The van der Waals surface area contributed by atoms with Crippen molar-refractivity contribution in [1.82, 2.24) is 10.3 Å². The van der Waals surface area contributed by atoms with Crippen molar-refractivity contribution in [2.45, 2.75) is 44.7 Å². The van der Waals surface area contributed by atoms with Crippen molar-refractivity contribution in [3.05, 3.63) is 54.1 Å². The van der Waals surface area contributed by atoms with E-state index in [4.69, 9.17) is 21.9 Å². The SMILES string of the molecule is COc1ccc(C)cc1NC(=S)NC1CCC(Nc2cc(N(C)C)c3ccccc3n2)CC1. The van der Waals surface area contributed by atoms with E-state index in [9.17, 15) is 0 Å². The number of fused-ring (bicyclic) bond motifs is 1. The van der Waals surface area contributed by atoms with Crippen LogP contribution in [0.1, 0.15) is 31.2 Å². The Morgan fingerprint density at radius 2 is 1.76 bits per heavy atom. The molecule has 3 aromatic rings. The van der Waals surface area contributed by atoms with E-state index in [1.54, 1.807) is 7.11 Å². The molecule has 7 heteroatoms. The number of para-hydroxylation sites is 1. The smallest absolute Gasteiger partial charge is 0.171 e. The summed E-state index contributed by atoms with van der Waals surface area (Å²) in [5, 5.41) is 12.3. The second-order valence-corrected chi connectivity index (χ2v) is 9.34. The fourth-order valence-electron chi connectivity index (χ4n) is 4.46. The van der Waals surface area contributed by atoms with Crippen LogP contribution in [0.2, 0.25) is 0 Å². The van der Waals surface area contributed by atoms with E-state index in [0.717, 1.165) is 54.0 Å². The van der Waals surface area contributed by atoms with Crippen LogP contribution in [-0.2, 0) is 0 Å². The van der Waals surface area contributed by atoms with Gasteiger partial charge in [-0.1, -0.05) is 24.3 Å². The fourth-order valence-corrected chi connectivity index (χ4v) is 4.73. The first kappa shape index (κ1) is 23.1. The Balaban J connectivity index is 1.33. The molecule has 1 aromatic heterocycles. The zero-order valence-electron chi connectivity index (χ0n) is 19.8. The molecule has 0 amide bonds. The summed E-state index contributed by atoms with van der Waals surface area (Å²) < 4.78 is 5.44. The molecule has 0 radical (unpaired) electrons. The first-order valence-corrected chi connectivity index (χ1v) is 11.9. The topological polar surface area (TPSA) is 61.5 Å². The lowest BCUT2D eigenvalue weighted by atomic mass is 9.91. The van der Waals surface area contributed by atoms with Crippen molar-refractivity contribution in [3.63, 3.8) is 0 Å². The number of hydrogen-bond donors (Lipinski definition) is 3. The third-order valence-electron chi connectivity index (χ3n) is 6.19. The van der Waals surface area contributed by atoms with Crippen molar-refractivity contribution in [2.75, 3.05) is 36.7 Å². The number of thiocarbonyl (C=S) groups is 1. The molecule has 1 fully saturated rings. The van der Waals surface area contributed by atoms with E-state index in [2.05, 4.69) is 66.1 Å². The summed E-state index contributed by atoms with van der Waals surface area (Å²) in [5.41, 5.74) is 4.25. The molecule has 33 heavy (non-hydrogen) atoms. The molecule has 1 heterocycles. The number of benzene rings is 2. The lowest BCUT2D eigenvalue weighted by Crippen LogP contribution is -2.42. The quantitative estimate of drug-likeness (QED) is 0.427. The summed E-state index contributed by atoms with van der Waals surface area (Å²) in [4.78, 5) is 7.00. The lowest BCUT2D eigenvalue weighted by Gasteiger charge is -2.31. The third kappa shape index (κ3) is 5.66. The minimum absolute atomic E-state index is 0.362. The average Bonchev–Trinajstić information content (AvgIpc) is 2.80. The first-order valence-electron chi connectivity index (χ1n) is 11.5. The standard InChI is InChI=1S/C26H33N5OS/c1-17-9-14-24(32-4)22(15-17)30-26(33)28-19-12-10-18(11-13-19)27-25-16-23(31(2)3)20-7-5-6-8-21(20)29-25/h5-9,14-16,18-19H,10-13H2,1-4H3,(H,27,29)(H2,28,30,33). The maximum atomic E-state index is 5.58. The van der Waals surface area contributed by atoms with Gasteiger partial charge in [0.25, 0.3) is 0 Å². The average molecular weight is 464 g/mol. The normalized spacial score (nSPS) is 17.9. The van der Waals surface area contributed by atoms with Crippen LogP contribution in [0.15, 0.2) is 48.5 Å². The summed E-state index contributed by atoms with van der Waals surface area (Å²) in [7, 11) is 5.82. The minimum Gasteiger partial charge on any atom is -0.495 e. The molecule has 1 aliphatic rings. The summed E-state index contributed by atoms with van der Waals surface area (Å²) in [5.74, 6) is 1.73. The highest BCUT2D eigenvalue weighted by atomic mass is 32.1. The van der Waals surface area contributed by atoms with E-state index in [1.165, 1.54) is 11.1 Å². The Labute approximate surface area is 201 Å². The molecular weight excluding hydrogens is 430 g/mol. The van der Waals surface area contributed by atoms with E-state index in [-0.39, 0.29) is 0 Å². The van der Waals surface area contributed by atoms with Crippen molar-refractivity contribution >= 4 is 45.4 Å². The number of aryl methyl sites for hydroxylation is 1. The number of nitrogens with one attached hydrogen (secondary N) is 3. The largest absolute Gasteiger partial charge is 0.495 e. The lowest BCUT2D eigenvalue weighted by molar-refractivity contribution is 0.388. The molecule has 1 aliphatic carbocycles. The zero-order valence-corrected chi connectivity index (χ0v) is 20.6. The highest BCUT2D eigenvalue weighted by Gasteiger charge is 2.22. The maximum Gasteiger partial charge on any atom is 0.171 e. The molecule has 0 spiro atoms. The highest BCUT2D eigenvalue weighted by Crippen LogP contribution is 2.29. The van der Waals surface area contributed by atoms with Gasteiger partial charge in [-0.25, -0.2) is 4.98 Å². The molecular formula is C26H33N5OS. The number of pyridine rings is 1. The van der Waals surface area contributed by atoms with E-state index < -0.39 is 0 Å². The molecule has 6 nitrogen and oxygen atoms in total. The Kier molecular flexibility index (Phi) is 7.18. The van der Waals surface area contributed by atoms with Gasteiger partial charge in [0.05, 0.1) is 18.3 Å². The monoisotopic (exact) mass is 463 g/mol. The van der Waals surface area contributed by atoms with Crippen LogP contribution in [0.25, 0.3) is 10.9 Å². The van der Waals surface area contributed by atoms with Crippen LogP contribution >= 0.6 is 12.2 Å². The highest BCUT2D eigenvalue weighted by molar-refractivity contribution is 7.80. The number of ether oxygens (including phenoxy) is 1. The van der Waals surface area contributed by atoms with E-state index >= 15 is 0 Å². The molecule has 174 valence electrons. The third-order valence-corrected chi connectivity index (χ3v) is 6.41. The van der Waals surface area contributed by atoms with Crippen LogP contribution in [0, 0.1) is 6.92 Å². The van der Waals surface area contributed by atoms with Crippen molar-refractivity contribution in [1.29, 1.82) is 0 Å². The number of hydrogen-bond acceptors (Lipinski definition) is 5. The van der Waals surface area contributed by atoms with Gasteiger partial charge in [0.2, 0.25) is 0 Å². The fraction of sp³-hybridized carbons (Fsp3) is 0.385. The van der Waals surface area contributed by atoms with Gasteiger partial charge in [-0.3, -0.25) is 0 Å². The molecule has 0 unspecified atom stereocenters. The van der Waals surface area contributed by atoms with Gasteiger partial charge in [-0.2, -0.15) is 0 Å². The molecule has 4 rings (SSSR count). The van der Waals surface area contributed by atoms with Crippen LogP contribution in [0.4, 0.5) is 17.2 Å². The molecule has 1 saturated carbocycles.